The van der Waals surface area contributed by atoms with Crippen molar-refractivity contribution in [1.82, 2.24) is 19.8 Å². The fraction of sp³-hybridized carbons (Fsp3) is 0.591. The predicted molar refractivity (Wildman–Crippen MR) is 111 cm³/mol. The summed E-state index contributed by atoms with van der Waals surface area (Å²) in [7, 11) is 1.69. The smallest absolute Gasteiger partial charge is 0.282 e. The number of hydrogen-bond acceptors (Lipinski definition) is 4. The molecule has 2 aromatic rings. The maximum Gasteiger partial charge on any atom is 0.282 e. The number of amides is 1. The van der Waals surface area contributed by atoms with Crippen LogP contribution in [0, 0.1) is 0 Å². The summed E-state index contributed by atoms with van der Waals surface area (Å²) in [6.45, 7) is 2.83. The van der Waals surface area contributed by atoms with Gasteiger partial charge in [0, 0.05) is 19.1 Å². The summed E-state index contributed by atoms with van der Waals surface area (Å²) in [5.41, 5.74) is 1.09. The third-order valence-electron chi connectivity index (χ3n) is 6.59. The van der Waals surface area contributed by atoms with Gasteiger partial charge in [0.15, 0.2) is 5.69 Å². The van der Waals surface area contributed by atoms with Gasteiger partial charge >= 0.3 is 0 Å². The number of fused-ring (bicyclic) bond motifs is 1. The lowest BCUT2D eigenvalue weighted by Crippen LogP contribution is -2.58. The zero-order valence-corrected chi connectivity index (χ0v) is 16.7. The van der Waals surface area contributed by atoms with Crippen LogP contribution in [-0.2, 0) is 7.05 Å². The van der Waals surface area contributed by atoms with E-state index in [0.29, 0.717) is 12.1 Å². The Morgan fingerprint density at radius 1 is 1.07 bits per heavy atom. The first-order chi connectivity index (χ1) is 13.6. The van der Waals surface area contributed by atoms with E-state index < -0.39 is 0 Å². The first kappa shape index (κ1) is 19.1. The molecule has 2 fully saturated rings. The molecule has 1 N–H and O–H groups in total. The second kappa shape index (κ2) is 8.03. The van der Waals surface area contributed by atoms with Crippen molar-refractivity contribution in [2.75, 3.05) is 19.6 Å². The van der Waals surface area contributed by atoms with Gasteiger partial charge in [0.2, 0.25) is 0 Å². The van der Waals surface area contributed by atoms with Gasteiger partial charge in [-0.2, -0.15) is 0 Å². The van der Waals surface area contributed by atoms with Crippen LogP contribution in [0.5, 0.6) is 0 Å². The fourth-order valence-electron chi connectivity index (χ4n) is 4.94. The minimum atomic E-state index is -0.353. The van der Waals surface area contributed by atoms with E-state index in [0.717, 1.165) is 31.4 Å². The van der Waals surface area contributed by atoms with Crippen molar-refractivity contribution in [3.8, 4) is 0 Å². The number of hydrogen-bond donors (Lipinski definition) is 1. The highest BCUT2D eigenvalue weighted by atomic mass is 16.2. The van der Waals surface area contributed by atoms with Crippen LogP contribution in [0.2, 0.25) is 0 Å². The Morgan fingerprint density at radius 2 is 1.75 bits per heavy atom. The number of nitrogens with zero attached hydrogens (tertiary/aromatic N) is 3. The third kappa shape index (κ3) is 3.58. The third-order valence-corrected chi connectivity index (χ3v) is 6.59. The number of piperidine rings is 1. The highest BCUT2D eigenvalue weighted by molar-refractivity contribution is 5.93. The molecule has 6 heteroatoms. The number of aryl methyl sites for hydroxylation is 1. The molecule has 1 saturated carbocycles. The molecular formula is C22H30N4O2. The SMILES string of the molecule is Cn1c(=O)c(C(=O)NCC2(N3CCCCC3)CCCCC2)nc2ccccc21. The van der Waals surface area contributed by atoms with Crippen molar-refractivity contribution in [3.63, 3.8) is 0 Å². The van der Waals surface area contributed by atoms with Crippen molar-refractivity contribution < 1.29 is 4.79 Å². The number of aromatic nitrogens is 2. The van der Waals surface area contributed by atoms with Crippen molar-refractivity contribution >= 4 is 16.9 Å². The summed E-state index contributed by atoms with van der Waals surface area (Å²) < 4.78 is 1.51. The largest absolute Gasteiger partial charge is 0.349 e. The van der Waals surface area contributed by atoms with Crippen LogP contribution in [0.15, 0.2) is 29.1 Å². The molecule has 1 saturated heterocycles. The van der Waals surface area contributed by atoms with E-state index in [1.165, 1.54) is 43.1 Å². The lowest BCUT2D eigenvalue weighted by Gasteiger charge is -2.48. The number of rotatable bonds is 4. The van der Waals surface area contributed by atoms with E-state index in [-0.39, 0.29) is 22.7 Å². The zero-order chi connectivity index (χ0) is 19.6. The predicted octanol–water partition coefficient (Wildman–Crippen LogP) is 2.85. The van der Waals surface area contributed by atoms with E-state index in [2.05, 4.69) is 15.2 Å². The van der Waals surface area contributed by atoms with Crippen LogP contribution >= 0.6 is 0 Å². The number of para-hydroxylation sites is 2. The number of carbonyl (C=O) groups is 1. The van der Waals surface area contributed by atoms with Gasteiger partial charge < -0.3 is 9.88 Å². The molecule has 0 radical (unpaired) electrons. The van der Waals surface area contributed by atoms with E-state index in [4.69, 9.17) is 0 Å². The molecule has 1 aromatic carbocycles. The molecule has 0 bridgehead atoms. The lowest BCUT2D eigenvalue weighted by atomic mass is 9.79. The molecular weight excluding hydrogens is 352 g/mol. The Bertz CT molecular complexity index is 908. The highest BCUT2D eigenvalue weighted by Gasteiger charge is 2.38. The number of nitrogens with one attached hydrogen (secondary N) is 1. The number of likely N-dealkylation sites (tertiary alicyclic amines) is 1. The second-order valence-corrected chi connectivity index (χ2v) is 8.33. The standard InChI is InChI=1S/C22H30N4O2/c1-25-18-11-5-4-10-17(18)24-19(21(25)28)20(27)23-16-22(12-6-2-7-13-22)26-14-8-3-9-15-26/h4-5,10-11H,2-3,6-9,12-16H2,1H3,(H,23,27). The second-order valence-electron chi connectivity index (χ2n) is 8.33. The van der Waals surface area contributed by atoms with E-state index in [9.17, 15) is 9.59 Å². The Kier molecular flexibility index (Phi) is 5.49. The Labute approximate surface area is 165 Å². The molecule has 2 heterocycles. The molecule has 1 aliphatic heterocycles. The quantitative estimate of drug-likeness (QED) is 0.883. The van der Waals surface area contributed by atoms with Crippen LogP contribution in [-0.4, -0.2) is 45.5 Å². The number of benzene rings is 1. The van der Waals surface area contributed by atoms with E-state index in [1.807, 2.05) is 24.3 Å². The molecule has 0 unspecified atom stereocenters. The minimum absolute atomic E-state index is 0.00852. The van der Waals surface area contributed by atoms with Gasteiger partial charge in [-0.05, 0) is 50.9 Å². The molecule has 2 aliphatic rings. The lowest BCUT2D eigenvalue weighted by molar-refractivity contribution is 0.0326. The summed E-state index contributed by atoms with van der Waals surface area (Å²) >= 11 is 0. The van der Waals surface area contributed by atoms with Crippen LogP contribution < -0.4 is 10.9 Å². The molecule has 0 spiro atoms. The molecule has 1 amide bonds. The van der Waals surface area contributed by atoms with Gasteiger partial charge in [-0.25, -0.2) is 4.98 Å². The maximum atomic E-state index is 12.9. The van der Waals surface area contributed by atoms with Crippen LogP contribution in [0.25, 0.3) is 11.0 Å². The molecule has 28 heavy (non-hydrogen) atoms. The monoisotopic (exact) mass is 382 g/mol. The van der Waals surface area contributed by atoms with E-state index in [1.54, 1.807) is 7.05 Å². The summed E-state index contributed by atoms with van der Waals surface area (Å²) in [5, 5.41) is 3.08. The molecule has 1 aromatic heterocycles. The average Bonchev–Trinajstić information content (AvgIpc) is 2.76. The summed E-state index contributed by atoms with van der Waals surface area (Å²) in [4.78, 5) is 32.6. The van der Waals surface area contributed by atoms with Gasteiger partial charge in [-0.1, -0.05) is 37.8 Å². The summed E-state index contributed by atoms with van der Waals surface area (Å²) in [5.74, 6) is -0.353. The fourth-order valence-corrected chi connectivity index (χ4v) is 4.94. The first-order valence-corrected chi connectivity index (χ1v) is 10.6. The van der Waals surface area contributed by atoms with Gasteiger partial charge in [-0.3, -0.25) is 14.5 Å². The van der Waals surface area contributed by atoms with Crippen molar-refractivity contribution in [3.05, 3.63) is 40.3 Å². The Balaban J connectivity index is 1.56. The van der Waals surface area contributed by atoms with Crippen LogP contribution in [0.1, 0.15) is 61.9 Å². The first-order valence-electron chi connectivity index (χ1n) is 10.6. The van der Waals surface area contributed by atoms with Crippen molar-refractivity contribution in [2.45, 2.75) is 56.9 Å². The van der Waals surface area contributed by atoms with Gasteiger partial charge in [0.05, 0.1) is 11.0 Å². The Morgan fingerprint density at radius 3 is 2.50 bits per heavy atom. The average molecular weight is 383 g/mol. The Hall–Kier alpha value is -2.21. The van der Waals surface area contributed by atoms with Gasteiger partial charge in [0.1, 0.15) is 0 Å². The van der Waals surface area contributed by atoms with Gasteiger partial charge in [-0.15, -0.1) is 0 Å². The van der Waals surface area contributed by atoms with Crippen molar-refractivity contribution in [1.29, 1.82) is 0 Å². The zero-order valence-electron chi connectivity index (χ0n) is 16.7. The molecule has 150 valence electrons. The normalized spacial score (nSPS) is 20.2. The molecule has 4 rings (SSSR count). The van der Waals surface area contributed by atoms with Crippen LogP contribution in [0.3, 0.4) is 0 Å². The summed E-state index contributed by atoms with van der Waals surface area (Å²) in [6.07, 6.45) is 9.72. The van der Waals surface area contributed by atoms with Crippen molar-refractivity contribution in [2.24, 2.45) is 7.05 Å². The van der Waals surface area contributed by atoms with E-state index >= 15 is 0 Å². The topological polar surface area (TPSA) is 67.2 Å². The van der Waals surface area contributed by atoms with Crippen LogP contribution in [0.4, 0.5) is 0 Å². The maximum absolute atomic E-state index is 12.9. The molecule has 1 aliphatic carbocycles. The molecule has 6 nitrogen and oxygen atoms in total. The van der Waals surface area contributed by atoms with Gasteiger partial charge in [0.25, 0.3) is 11.5 Å². The molecule has 0 atom stereocenters. The summed E-state index contributed by atoms with van der Waals surface area (Å²) in [6, 6.07) is 7.42. The number of carbonyl (C=O) groups excluding carboxylic acids is 1. The minimum Gasteiger partial charge on any atom is -0.349 e. The highest BCUT2D eigenvalue weighted by Crippen LogP contribution is 2.35.